The highest BCUT2D eigenvalue weighted by Crippen LogP contribution is 2.30. The number of fused-ring (bicyclic) bond motifs is 4. The van der Waals surface area contributed by atoms with Gasteiger partial charge < -0.3 is 4.42 Å². The van der Waals surface area contributed by atoms with E-state index in [1.165, 1.54) is 10.8 Å². The van der Waals surface area contributed by atoms with Crippen molar-refractivity contribution in [3.8, 4) is 0 Å². The molecule has 0 amide bonds. The van der Waals surface area contributed by atoms with Crippen molar-refractivity contribution in [3.63, 3.8) is 0 Å². The fourth-order valence-electron chi connectivity index (χ4n) is 2.54. The summed E-state index contributed by atoms with van der Waals surface area (Å²) in [5.41, 5.74) is 2.50. The van der Waals surface area contributed by atoms with Gasteiger partial charge in [0.25, 0.3) is 0 Å². The van der Waals surface area contributed by atoms with Crippen molar-refractivity contribution in [3.05, 3.63) is 54.6 Å². The van der Waals surface area contributed by atoms with Gasteiger partial charge in [0.15, 0.2) is 0 Å². The SMILES string of the molecule is [B]c1cccc2oc3cc4ccccc4cc3c12. The van der Waals surface area contributed by atoms with Crippen LogP contribution in [-0.2, 0) is 0 Å². The lowest BCUT2D eigenvalue weighted by Gasteiger charge is -1.98. The number of hydrogen-bond acceptors (Lipinski definition) is 1. The molecule has 0 spiro atoms. The molecule has 0 bridgehead atoms. The number of benzene rings is 3. The summed E-state index contributed by atoms with van der Waals surface area (Å²) < 4.78 is 5.86. The third kappa shape index (κ3) is 1.23. The first kappa shape index (κ1) is 9.78. The van der Waals surface area contributed by atoms with Crippen molar-refractivity contribution in [1.29, 1.82) is 0 Å². The predicted molar refractivity (Wildman–Crippen MR) is 76.6 cm³/mol. The van der Waals surface area contributed by atoms with Gasteiger partial charge in [0.05, 0.1) is 0 Å². The van der Waals surface area contributed by atoms with Gasteiger partial charge in [-0.15, -0.1) is 0 Å². The smallest absolute Gasteiger partial charge is 0.136 e. The Morgan fingerprint density at radius 3 is 2.39 bits per heavy atom. The molecule has 0 aliphatic carbocycles. The lowest BCUT2D eigenvalue weighted by Crippen LogP contribution is -2.01. The fourth-order valence-corrected chi connectivity index (χ4v) is 2.54. The molecule has 18 heavy (non-hydrogen) atoms. The minimum atomic E-state index is 0.765. The second kappa shape index (κ2) is 3.39. The summed E-state index contributed by atoms with van der Waals surface area (Å²) in [6.07, 6.45) is 0. The topological polar surface area (TPSA) is 13.1 Å². The van der Waals surface area contributed by atoms with E-state index < -0.39 is 0 Å². The molecule has 2 radical (unpaired) electrons. The molecule has 1 aromatic heterocycles. The van der Waals surface area contributed by atoms with Crippen LogP contribution in [0.25, 0.3) is 32.7 Å². The molecule has 0 unspecified atom stereocenters. The van der Waals surface area contributed by atoms with E-state index in [9.17, 15) is 0 Å². The highest BCUT2D eigenvalue weighted by atomic mass is 16.3. The summed E-state index contributed by atoms with van der Waals surface area (Å²) in [5.74, 6) is 0. The Labute approximate surface area is 105 Å². The van der Waals surface area contributed by atoms with Crippen LogP contribution < -0.4 is 5.46 Å². The molecule has 82 valence electrons. The monoisotopic (exact) mass is 228 g/mol. The molecule has 0 N–H and O–H groups in total. The van der Waals surface area contributed by atoms with E-state index >= 15 is 0 Å². The molecule has 0 aliphatic heterocycles. The molecule has 0 aliphatic rings. The van der Waals surface area contributed by atoms with Crippen LogP contribution in [0.4, 0.5) is 0 Å². The first-order valence-corrected chi connectivity index (χ1v) is 5.92. The largest absolute Gasteiger partial charge is 0.456 e. The lowest BCUT2D eigenvalue weighted by atomic mass is 9.91. The van der Waals surface area contributed by atoms with Crippen molar-refractivity contribution in [2.24, 2.45) is 0 Å². The van der Waals surface area contributed by atoms with Crippen LogP contribution in [-0.4, -0.2) is 7.85 Å². The van der Waals surface area contributed by atoms with E-state index in [0.717, 1.165) is 27.4 Å². The zero-order valence-corrected chi connectivity index (χ0v) is 9.68. The molecular formula is C16H9BO. The Bertz CT molecular complexity index is 889. The molecule has 0 atom stereocenters. The van der Waals surface area contributed by atoms with Gasteiger partial charge >= 0.3 is 0 Å². The average Bonchev–Trinajstić information content (AvgIpc) is 2.74. The van der Waals surface area contributed by atoms with Crippen molar-refractivity contribution in [1.82, 2.24) is 0 Å². The number of hydrogen-bond donors (Lipinski definition) is 0. The van der Waals surface area contributed by atoms with Crippen molar-refractivity contribution >= 4 is 46.0 Å². The predicted octanol–water partition coefficient (Wildman–Crippen LogP) is 3.53. The number of furan rings is 1. The van der Waals surface area contributed by atoms with Gasteiger partial charge in [0.1, 0.15) is 19.0 Å². The Kier molecular flexibility index (Phi) is 1.84. The van der Waals surface area contributed by atoms with Gasteiger partial charge in [0.2, 0.25) is 0 Å². The first-order chi connectivity index (χ1) is 8.83. The Morgan fingerprint density at radius 1 is 0.778 bits per heavy atom. The molecule has 0 saturated carbocycles. The zero-order chi connectivity index (χ0) is 12.1. The average molecular weight is 228 g/mol. The highest BCUT2D eigenvalue weighted by molar-refractivity contribution is 6.41. The van der Waals surface area contributed by atoms with E-state index in [1.54, 1.807) is 0 Å². The molecule has 3 aromatic carbocycles. The minimum absolute atomic E-state index is 0.765. The van der Waals surface area contributed by atoms with Crippen LogP contribution in [0, 0.1) is 0 Å². The number of rotatable bonds is 0. The van der Waals surface area contributed by atoms with Gasteiger partial charge in [-0.05, 0) is 29.0 Å². The summed E-state index contributed by atoms with van der Waals surface area (Å²) in [6.45, 7) is 0. The van der Waals surface area contributed by atoms with Crippen LogP contribution in [0.5, 0.6) is 0 Å². The maximum absolute atomic E-state index is 6.05. The van der Waals surface area contributed by atoms with Crippen LogP contribution in [0.1, 0.15) is 0 Å². The van der Waals surface area contributed by atoms with Crippen molar-refractivity contribution < 1.29 is 4.42 Å². The molecular weight excluding hydrogens is 219 g/mol. The van der Waals surface area contributed by atoms with E-state index in [0.29, 0.717) is 0 Å². The molecule has 1 heterocycles. The van der Waals surface area contributed by atoms with Crippen molar-refractivity contribution in [2.75, 3.05) is 0 Å². The molecule has 0 fully saturated rings. The molecule has 0 saturated heterocycles. The van der Waals surface area contributed by atoms with E-state index in [-0.39, 0.29) is 0 Å². The lowest BCUT2D eigenvalue weighted by molar-refractivity contribution is 0.669. The normalized spacial score (nSPS) is 11.6. The van der Waals surface area contributed by atoms with Gasteiger partial charge in [-0.2, -0.15) is 0 Å². The second-order valence-corrected chi connectivity index (χ2v) is 4.52. The van der Waals surface area contributed by atoms with E-state index in [2.05, 4.69) is 24.3 Å². The van der Waals surface area contributed by atoms with Crippen molar-refractivity contribution in [2.45, 2.75) is 0 Å². The summed E-state index contributed by atoms with van der Waals surface area (Å²) in [5, 5.41) is 4.48. The first-order valence-electron chi connectivity index (χ1n) is 5.92. The van der Waals surface area contributed by atoms with Crippen LogP contribution in [0.2, 0.25) is 0 Å². The van der Waals surface area contributed by atoms with Gasteiger partial charge in [-0.25, -0.2) is 0 Å². The maximum atomic E-state index is 6.05. The quantitative estimate of drug-likeness (QED) is 0.419. The Balaban J connectivity index is 2.29. The van der Waals surface area contributed by atoms with Gasteiger partial charge in [-0.1, -0.05) is 41.9 Å². The molecule has 4 rings (SSSR count). The van der Waals surface area contributed by atoms with E-state index in [1.807, 2.05) is 30.3 Å². The zero-order valence-electron chi connectivity index (χ0n) is 9.68. The summed E-state index contributed by atoms with van der Waals surface area (Å²) in [7, 11) is 6.05. The van der Waals surface area contributed by atoms with Crippen LogP contribution in [0.3, 0.4) is 0 Å². The minimum Gasteiger partial charge on any atom is -0.456 e. The van der Waals surface area contributed by atoms with Gasteiger partial charge in [-0.3, -0.25) is 0 Å². The third-order valence-corrected chi connectivity index (χ3v) is 3.40. The summed E-state index contributed by atoms with van der Waals surface area (Å²) in [6, 6.07) is 18.3. The molecule has 2 heteroatoms. The van der Waals surface area contributed by atoms with E-state index in [4.69, 9.17) is 12.3 Å². The van der Waals surface area contributed by atoms with Gasteiger partial charge in [0, 0.05) is 10.8 Å². The molecule has 1 nitrogen and oxygen atoms in total. The standard InChI is InChI=1S/C16H9BO/c17-13-6-3-7-14-16(13)12-8-10-4-1-2-5-11(10)9-15(12)18-14/h1-9H. The molecule has 4 aromatic rings. The highest BCUT2D eigenvalue weighted by Gasteiger charge is 2.09. The second-order valence-electron chi connectivity index (χ2n) is 4.52. The van der Waals surface area contributed by atoms with Crippen LogP contribution >= 0.6 is 0 Å². The summed E-state index contributed by atoms with van der Waals surface area (Å²) in [4.78, 5) is 0. The summed E-state index contributed by atoms with van der Waals surface area (Å²) >= 11 is 0. The Morgan fingerprint density at radius 2 is 1.56 bits per heavy atom. The third-order valence-electron chi connectivity index (χ3n) is 3.40. The fraction of sp³-hybridized carbons (Fsp3) is 0. The Hall–Kier alpha value is -2.22. The maximum Gasteiger partial charge on any atom is 0.136 e. The van der Waals surface area contributed by atoms with Crippen LogP contribution in [0.15, 0.2) is 59.0 Å².